The Labute approximate surface area is 292 Å². The molecule has 1 aromatic heterocycles. The Morgan fingerprint density at radius 1 is 1.06 bits per heavy atom. The van der Waals surface area contributed by atoms with Crippen molar-refractivity contribution >= 4 is 39.6 Å². The van der Waals surface area contributed by atoms with E-state index in [1.807, 2.05) is 55.7 Å². The van der Waals surface area contributed by atoms with E-state index in [9.17, 15) is 33.1 Å². The molecule has 264 valence electrons. The average Bonchev–Trinajstić information content (AvgIpc) is 3.46. The molecule has 0 aliphatic rings. The number of carbonyl (C=O) groups is 4. The fourth-order valence-electron chi connectivity index (χ4n) is 5.27. The molecule has 0 saturated heterocycles. The van der Waals surface area contributed by atoms with E-state index in [-0.39, 0.29) is 37.3 Å². The van der Waals surface area contributed by atoms with Gasteiger partial charge in [-0.15, -0.1) is 0 Å². The summed E-state index contributed by atoms with van der Waals surface area (Å²) in [5.41, 5.74) is 7.16. The van der Waals surface area contributed by atoms with Gasteiger partial charge in [0.2, 0.25) is 11.8 Å². The topological polar surface area (TPSA) is 156 Å². The van der Waals surface area contributed by atoms with Crippen molar-refractivity contribution in [1.82, 2.24) is 20.1 Å². The molecule has 2 atom stereocenters. The number of hydrogen-bond acceptors (Lipinski definition) is 7. The van der Waals surface area contributed by atoms with E-state index in [0.717, 1.165) is 23.8 Å². The number of nitrogens with one attached hydrogen (secondary N) is 2. The van der Waals surface area contributed by atoms with Gasteiger partial charge in [0.25, 0.3) is 5.91 Å². The molecule has 0 radical (unpaired) electrons. The molecule has 0 aliphatic carbocycles. The van der Waals surface area contributed by atoms with Crippen LogP contribution < -0.4 is 16.4 Å². The molecule has 0 saturated carbocycles. The number of carbonyl (C=O) groups excluding carboxylic acids is 4. The van der Waals surface area contributed by atoms with Crippen molar-refractivity contribution in [2.75, 3.05) is 33.4 Å². The molecule has 49 heavy (non-hydrogen) atoms. The van der Waals surface area contributed by atoms with Crippen LogP contribution in [0.1, 0.15) is 44.5 Å². The van der Waals surface area contributed by atoms with E-state index in [2.05, 4.69) is 31.3 Å². The summed E-state index contributed by atoms with van der Waals surface area (Å²) in [6, 6.07) is 13.6. The normalized spacial score (nSPS) is 12.9. The van der Waals surface area contributed by atoms with Gasteiger partial charge in [-0.2, -0.15) is 0 Å². The third kappa shape index (κ3) is 11.0. The zero-order valence-electron chi connectivity index (χ0n) is 27.8. The number of ether oxygens (including phenoxy) is 1. The highest BCUT2D eigenvalue weighted by atomic mass is 79.9. The Hall–Kier alpha value is -4.56. The Bertz CT molecular complexity index is 1660. The fourth-order valence-corrected chi connectivity index (χ4v) is 5.75. The van der Waals surface area contributed by atoms with Gasteiger partial charge in [0.1, 0.15) is 23.1 Å². The molecule has 0 bridgehead atoms. The number of halogens is 3. The zero-order valence-corrected chi connectivity index (χ0v) is 29.4. The van der Waals surface area contributed by atoms with Gasteiger partial charge in [0.05, 0.1) is 18.8 Å². The molecular weight excluding hydrogens is 704 g/mol. The number of amides is 3. The van der Waals surface area contributed by atoms with Gasteiger partial charge in [-0.05, 0) is 41.3 Å². The fraction of sp³-hybridized carbons (Fsp3) is 0.371. The second-order valence-electron chi connectivity index (χ2n) is 12.3. The highest BCUT2D eigenvalue weighted by Crippen LogP contribution is 2.41. The molecule has 3 rings (SSSR count). The molecule has 3 aromatic rings. The van der Waals surface area contributed by atoms with Crippen LogP contribution >= 0.6 is 15.9 Å². The number of methoxy groups -OCH3 is 1. The first kappa shape index (κ1) is 38.9. The van der Waals surface area contributed by atoms with Crippen molar-refractivity contribution in [2.45, 2.75) is 44.6 Å². The maximum atomic E-state index is 15.0. The van der Waals surface area contributed by atoms with E-state index < -0.39 is 58.2 Å². The van der Waals surface area contributed by atoms with Crippen LogP contribution in [-0.4, -0.2) is 76.4 Å². The Morgan fingerprint density at radius 2 is 1.73 bits per heavy atom. The van der Waals surface area contributed by atoms with Gasteiger partial charge in [0, 0.05) is 55.6 Å². The molecule has 1 unspecified atom stereocenters. The third-order valence-corrected chi connectivity index (χ3v) is 8.25. The summed E-state index contributed by atoms with van der Waals surface area (Å²) in [5, 5.41) is 15.2. The molecule has 2 aromatic carbocycles. The predicted molar refractivity (Wildman–Crippen MR) is 184 cm³/mol. The molecule has 0 fully saturated rings. The summed E-state index contributed by atoms with van der Waals surface area (Å²) in [7, 11) is 1.21. The van der Waals surface area contributed by atoms with Crippen molar-refractivity contribution in [3.05, 3.63) is 95.5 Å². The van der Waals surface area contributed by atoms with Crippen LogP contribution in [0.5, 0.6) is 0 Å². The van der Waals surface area contributed by atoms with Crippen molar-refractivity contribution in [2.24, 2.45) is 11.1 Å². The van der Waals surface area contributed by atoms with Gasteiger partial charge in [-0.25, -0.2) is 8.78 Å². The van der Waals surface area contributed by atoms with Crippen molar-refractivity contribution < 1.29 is 37.8 Å². The van der Waals surface area contributed by atoms with Crippen molar-refractivity contribution in [3.8, 4) is 11.1 Å². The number of rotatable bonds is 15. The largest absolute Gasteiger partial charge is 0.468 e. The van der Waals surface area contributed by atoms with E-state index in [1.54, 1.807) is 12.3 Å². The van der Waals surface area contributed by atoms with Crippen molar-refractivity contribution in [3.63, 3.8) is 0 Å². The van der Waals surface area contributed by atoms with Gasteiger partial charge >= 0.3 is 5.97 Å². The summed E-state index contributed by atoms with van der Waals surface area (Å²) in [6.45, 7) is 5.13. The molecule has 11 nitrogen and oxygen atoms in total. The maximum Gasteiger partial charge on any atom is 0.319 e. The van der Waals surface area contributed by atoms with Gasteiger partial charge < -0.3 is 35.7 Å². The highest BCUT2D eigenvalue weighted by molar-refractivity contribution is 9.10. The first-order valence-corrected chi connectivity index (χ1v) is 16.4. The van der Waals surface area contributed by atoms with E-state index >= 15 is 0 Å². The number of esters is 1. The molecule has 0 aliphatic heterocycles. The number of aromatic nitrogens is 1. The van der Waals surface area contributed by atoms with Crippen LogP contribution in [0.15, 0.2) is 72.6 Å². The summed E-state index contributed by atoms with van der Waals surface area (Å²) in [5.74, 6) is -3.54. The standard InChI is InChI=1S/C35H42BrF2N5O6/c1-35(2,3)32(29-16-23(25-17-24(37)10-11-27(25)38)20-42(29)19-22-8-6-5-7-9-22)43(31(46)21-44)15-12-28(39)33(47)41-14-13-40-30(45)18-26(36)34(48)49-4/h5-12,16-17,20,26,32,44H,13-15,18-19,21,39H2,1-4H3,(H,40,45)(H,41,47)/b28-12+/t26?,32-/m0/s1. The quantitative estimate of drug-likeness (QED) is 0.0799. The smallest absolute Gasteiger partial charge is 0.319 e. The lowest BCUT2D eigenvalue weighted by atomic mass is 9.83. The number of aliphatic hydroxyl groups excluding tert-OH is 1. The highest BCUT2D eigenvalue weighted by Gasteiger charge is 2.37. The molecular formula is C35H42BrF2N5O6. The molecule has 1 heterocycles. The minimum Gasteiger partial charge on any atom is -0.468 e. The number of nitrogens with zero attached hydrogens (tertiary/aromatic N) is 2. The molecule has 14 heteroatoms. The van der Waals surface area contributed by atoms with Crippen LogP contribution in [0.4, 0.5) is 8.78 Å². The van der Waals surface area contributed by atoms with Crippen LogP contribution in [0, 0.1) is 17.0 Å². The Balaban J connectivity index is 1.88. The predicted octanol–water partition coefficient (Wildman–Crippen LogP) is 3.79. The second-order valence-corrected chi connectivity index (χ2v) is 13.4. The summed E-state index contributed by atoms with van der Waals surface area (Å²) >= 11 is 3.07. The van der Waals surface area contributed by atoms with Crippen molar-refractivity contribution in [1.29, 1.82) is 0 Å². The lowest BCUT2D eigenvalue weighted by Gasteiger charge is -2.40. The number of aliphatic hydroxyl groups is 1. The number of alkyl halides is 1. The summed E-state index contributed by atoms with van der Waals surface area (Å²) in [4.78, 5) is 50.2. The maximum absolute atomic E-state index is 15.0. The number of benzene rings is 2. The minimum atomic E-state index is -0.831. The van der Waals surface area contributed by atoms with Gasteiger partial charge in [-0.3, -0.25) is 19.2 Å². The Kier molecular flexibility index (Phi) is 14.1. The molecule has 0 spiro atoms. The first-order chi connectivity index (χ1) is 23.2. The first-order valence-electron chi connectivity index (χ1n) is 15.5. The lowest BCUT2D eigenvalue weighted by molar-refractivity contribution is -0.141. The average molecular weight is 747 g/mol. The van der Waals surface area contributed by atoms with E-state index in [1.165, 1.54) is 18.1 Å². The third-order valence-electron chi connectivity index (χ3n) is 7.56. The van der Waals surface area contributed by atoms with Crippen LogP contribution in [0.3, 0.4) is 0 Å². The summed E-state index contributed by atoms with van der Waals surface area (Å²) in [6.07, 6.45) is 2.90. The van der Waals surface area contributed by atoms with E-state index in [4.69, 9.17) is 5.73 Å². The van der Waals surface area contributed by atoms with Gasteiger partial charge in [-0.1, -0.05) is 67.0 Å². The minimum absolute atomic E-state index is 0.0284. The number of nitrogens with two attached hydrogens (primary N) is 1. The molecule has 3 amide bonds. The second kappa shape index (κ2) is 17.7. The zero-order chi connectivity index (χ0) is 36.3. The monoisotopic (exact) mass is 745 g/mol. The molecule has 5 N–H and O–H groups in total. The van der Waals surface area contributed by atoms with Gasteiger partial charge in [0.15, 0.2) is 0 Å². The van der Waals surface area contributed by atoms with Crippen LogP contribution in [-0.2, 0) is 30.5 Å². The van der Waals surface area contributed by atoms with Crippen LogP contribution in [0.2, 0.25) is 0 Å². The summed E-state index contributed by atoms with van der Waals surface area (Å²) < 4.78 is 35.6. The Morgan fingerprint density at radius 3 is 2.37 bits per heavy atom. The lowest BCUT2D eigenvalue weighted by Crippen LogP contribution is -2.44. The van der Waals surface area contributed by atoms with Crippen LogP contribution in [0.25, 0.3) is 11.1 Å². The number of hydrogen-bond donors (Lipinski definition) is 4. The SMILES string of the molecule is COC(=O)C(Br)CC(=O)NCCNC(=O)/C(N)=C\CN(C(=O)CO)[C@@H](c1cc(-c2cc(F)ccc2F)cn1Cc1ccccc1)C(C)(C)C. The van der Waals surface area contributed by atoms with E-state index in [0.29, 0.717) is 17.8 Å².